The number of ether oxygens (including phenoxy) is 1. The number of rotatable bonds is 2. The lowest BCUT2D eigenvalue weighted by Crippen LogP contribution is -2.44. The van der Waals surface area contributed by atoms with Crippen LogP contribution in [0, 0.1) is 0 Å². The van der Waals surface area contributed by atoms with Gasteiger partial charge in [-0.1, -0.05) is 0 Å². The van der Waals surface area contributed by atoms with Gasteiger partial charge in [0.25, 0.3) is 11.5 Å². The van der Waals surface area contributed by atoms with E-state index in [4.69, 9.17) is 4.74 Å². The summed E-state index contributed by atoms with van der Waals surface area (Å²) in [6.45, 7) is 0. The van der Waals surface area contributed by atoms with E-state index < -0.39 is 23.5 Å². The lowest BCUT2D eigenvalue weighted by molar-refractivity contribution is -0.144. The number of aromatic nitrogens is 2. The van der Waals surface area contributed by atoms with Crippen LogP contribution in [0.4, 0.5) is 0 Å². The number of fused-ring (bicyclic) bond motifs is 1. The standard InChI is InChI=1S/C12H11N3O4S2/c1-19-11(18)8-5-20-6-15(8)10(17)7-4-13-12-14(9(7)16)2-3-21-12/h2-4,8H,5-6H2,1H3/t8-/m0/s1. The first-order valence-electron chi connectivity index (χ1n) is 6.05. The van der Waals surface area contributed by atoms with Gasteiger partial charge in [-0.3, -0.25) is 14.0 Å². The molecule has 3 rings (SSSR count). The summed E-state index contributed by atoms with van der Waals surface area (Å²) in [7, 11) is 1.28. The topological polar surface area (TPSA) is 81.0 Å². The van der Waals surface area contributed by atoms with Crippen molar-refractivity contribution in [2.24, 2.45) is 0 Å². The number of thiazole rings is 1. The van der Waals surface area contributed by atoms with E-state index >= 15 is 0 Å². The highest BCUT2D eigenvalue weighted by Crippen LogP contribution is 2.23. The van der Waals surface area contributed by atoms with E-state index in [9.17, 15) is 14.4 Å². The van der Waals surface area contributed by atoms with Gasteiger partial charge >= 0.3 is 5.97 Å². The van der Waals surface area contributed by atoms with Crippen LogP contribution in [0.15, 0.2) is 22.6 Å². The number of methoxy groups -OCH3 is 1. The van der Waals surface area contributed by atoms with Gasteiger partial charge in [0.2, 0.25) is 0 Å². The van der Waals surface area contributed by atoms with Crippen LogP contribution in [-0.2, 0) is 9.53 Å². The molecular weight excluding hydrogens is 314 g/mol. The van der Waals surface area contributed by atoms with Crippen LogP contribution in [0.2, 0.25) is 0 Å². The minimum atomic E-state index is -0.657. The SMILES string of the molecule is COC(=O)[C@@H]1CSCN1C(=O)c1cnc2sccn2c1=O. The summed E-state index contributed by atoms with van der Waals surface area (Å²) >= 11 is 2.76. The van der Waals surface area contributed by atoms with E-state index in [0.717, 1.165) is 0 Å². The van der Waals surface area contributed by atoms with Crippen molar-refractivity contribution in [3.05, 3.63) is 33.7 Å². The van der Waals surface area contributed by atoms with E-state index in [2.05, 4.69) is 4.98 Å². The number of esters is 1. The van der Waals surface area contributed by atoms with Gasteiger partial charge in [0.15, 0.2) is 4.96 Å². The fourth-order valence-corrected chi connectivity index (χ4v) is 3.91. The molecule has 9 heteroatoms. The smallest absolute Gasteiger partial charge is 0.329 e. The number of amides is 1. The van der Waals surface area contributed by atoms with Gasteiger partial charge in [-0.05, 0) is 0 Å². The largest absolute Gasteiger partial charge is 0.467 e. The minimum Gasteiger partial charge on any atom is -0.467 e. The fraction of sp³-hybridized carbons (Fsp3) is 0.333. The summed E-state index contributed by atoms with van der Waals surface area (Å²) in [6.07, 6.45) is 2.84. The van der Waals surface area contributed by atoms with Gasteiger partial charge in [-0.2, -0.15) is 0 Å². The Morgan fingerprint density at radius 1 is 1.48 bits per heavy atom. The molecule has 7 nitrogen and oxygen atoms in total. The van der Waals surface area contributed by atoms with Crippen molar-refractivity contribution >= 4 is 39.9 Å². The lowest BCUT2D eigenvalue weighted by Gasteiger charge is -2.21. The average molecular weight is 325 g/mol. The molecule has 0 radical (unpaired) electrons. The summed E-state index contributed by atoms with van der Waals surface area (Å²) in [5.74, 6) is -0.148. The van der Waals surface area contributed by atoms with Crippen molar-refractivity contribution in [1.29, 1.82) is 0 Å². The Morgan fingerprint density at radius 2 is 2.29 bits per heavy atom. The number of hydrogen-bond donors (Lipinski definition) is 0. The second kappa shape index (κ2) is 5.49. The second-order valence-electron chi connectivity index (χ2n) is 4.35. The molecule has 3 heterocycles. The van der Waals surface area contributed by atoms with Crippen LogP contribution in [-0.4, -0.2) is 50.9 Å². The molecule has 0 unspecified atom stereocenters. The maximum atomic E-state index is 12.5. The number of hydrogen-bond acceptors (Lipinski definition) is 7. The third-order valence-electron chi connectivity index (χ3n) is 3.19. The molecule has 0 bridgehead atoms. The molecule has 1 saturated heterocycles. The Morgan fingerprint density at radius 3 is 3.05 bits per heavy atom. The van der Waals surface area contributed by atoms with Gasteiger partial charge in [-0.25, -0.2) is 9.78 Å². The molecule has 0 N–H and O–H groups in total. The van der Waals surface area contributed by atoms with Crippen LogP contribution < -0.4 is 5.56 Å². The molecule has 110 valence electrons. The Kier molecular flexibility index (Phi) is 3.68. The highest BCUT2D eigenvalue weighted by atomic mass is 32.2. The quantitative estimate of drug-likeness (QED) is 0.746. The highest BCUT2D eigenvalue weighted by Gasteiger charge is 2.37. The van der Waals surface area contributed by atoms with Crippen LogP contribution >= 0.6 is 23.1 Å². The number of thioether (sulfide) groups is 1. The number of carbonyl (C=O) groups excluding carboxylic acids is 2. The van der Waals surface area contributed by atoms with Gasteiger partial charge in [0.1, 0.15) is 11.6 Å². The Bertz CT molecular complexity index is 769. The molecule has 0 aliphatic carbocycles. The summed E-state index contributed by atoms with van der Waals surface area (Å²) in [4.78, 5) is 42.5. The predicted molar refractivity (Wildman–Crippen MR) is 78.6 cm³/mol. The minimum absolute atomic E-state index is 0.0395. The summed E-state index contributed by atoms with van der Waals surface area (Å²) in [6, 6.07) is -0.657. The first kappa shape index (κ1) is 14.1. The van der Waals surface area contributed by atoms with Gasteiger partial charge < -0.3 is 9.64 Å². The van der Waals surface area contributed by atoms with Crippen molar-refractivity contribution in [3.63, 3.8) is 0 Å². The van der Waals surface area contributed by atoms with Crippen LogP contribution in [0.5, 0.6) is 0 Å². The maximum Gasteiger partial charge on any atom is 0.329 e. The third kappa shape index (κ3) is 2.32. The number of carbonyl (C=O) groups is 2. The molecule has 1 aliphatic rings. The summed E-state index contributed by atoms with van der Waals surface area (Å²) < 4.78 is 6.02. The first-order valence-corrected chi connectivity index (χ1v) is 8.08. The molecule has 2 aromatic heterocycles. The summed E-state index contributed by atoms with van der Waals surface area (Å²) in [5, 5.41) is 1.72. The molecule has 1 amide bonds. The molecule has 21 heavy (non-hydrogen) atoms. The van der Waals surface area contributed by atoms with Crippen LogP contribution in [0.1, 0.15) is 10.4 Å². The van der Waals surface area contributed by atoms with E-state index in [1.165, 1.54) is 45.7 Å². The van der Waals surface area contributed by atoms with Gasteiger partial charge in [-0.15, -0.1) is 23.1 Å². The zero-order valence-corrected chi connectivity index (χ0v) is 12.6. The Hall–Kier alpha value is -1.87. The van der Waals surface area contributed by atoms with E-state index in [0.29, 0.717) is 16.6 Å². The van der Waals surface area contributed by atoms with Gasteiger partial charge in [0, 0.05) is 23.5 Å². The number of nitrogens with zero attached hydrogens (tertiary/aromatic N) is 3. The molecule has 0 saturated carbocycles. The normalized spacial score (nSPS) is 18.1. The lowest BCUT2D eigenvalue weighted by atomic mass is 10.2. The van der Waals surface area contributed by atoms with E-state index in [1.807, 2.05) is 0 Å². The Labute approximate surface area is 127 Å². The molecule has 2 aromatic rings. The fourth-order valence-electron chi connectivity index (χ4n) is 2.10. The van der Waals surface area contributed by atoms with Crippen molar-refractivity contribution in [1.82, 2.24) is 14.3 Å². The van der Waals surface area contributed by atoms with E-state index in [-0.39, 0.29) is 5.56 Å². The average Bonchev–Trinajstić information content (AvgIpc) is 3.15. The van der Waals surface area contributed by atoms with Crippen LogP contribution in [0.3, 0.4) is 0 Å². The second-order valence-corrected chi connectivity index (χ2v) is 6.22. The molecule has 0 aromatic carbocycles. The van der Waals surface area contributed by atoms with Crippen molar-refractivity contribution < 1.29 is 14.3 Å². The molecular formula is C12H11N3O4S2. The zero-order chi connectivity index (χ0) is 15.0. The zero-order valence-electron chi connectivity index (χ0n) is 11.0. The van der Waals surface area contributed by atoms with Crippen molar-refractivity contribution in [2.45, 2.75) is 6.04 Å². The highest BCUT2D eigenvalue weighted by molar-refractivity contribution is 7.99. The van der Waals surface area contributed by atoms with Crippen LogP contribution in [0.25, 0.3) is 4.96 Å². The third-order valence-corrected chi connectivity index (χ3v) is 4.97. The van der Waals surface area contributed by atoms with E-state index in [1.54, 1.807) is 11.6 Å². The molecule has 1 atom stereocenters. The predicted octanol–water partition coefficient (Wildman–Crippen LogP) is 0.444. The van der Waals surface area contributed by atoms with Crippen molar-refractivity contribution in [2.75, 3.05) is 18.7 Å². The summed E-state index contributed by atoms with van der Waals surface area (Å²) in [5.41, 5.74) is -0.464. The van der Waals surface area contributed by atoms with Gasteiger partial charge in [0.05, 0.1) is 13.0 Å². The maximum absolute atomic E-state index is 12.5. The monoisotopic (exact) mass is 325 g/mol. The molecule has 0 spiro atoms. The first-order chi connectivity index (χ1) is 10.1. The Balaban J connectivity index is 1.98. The molecule has 1 aliphatic heterocycles. The molecule has 1 fully saturated rings. The van der Waals surface area contributed by atoms with Crippen molar-refractivity contribution in [3.8, 4) is 0 Å².